The highest BCUT2D eigenvalue weighted by atomic mass is 35.5. The molecule has 0 saturated heterocycles. The van der Waals surface area contributed by atoms with Crippen molar-refractivity contribution >= 4 is 22.4 Å². The number of hydrogen-bond donors (Lipinski definition) is 0. The van der Waals surface area contributed by atoms with Gasteiger partial charge in [0.25, 0.3) is 0 Å². The highest BCUT2D eigenvalue weighted by molar-refractivity contribution is 6.31. The summed E-state index contributed by atoms with van der Waals surface area (Å²) in [7, 11) is 0. The maximum atomic E-state index is 5.97. The van der Waals surface area contributed by atoms with E-state index in [-0.39, 0.29) is 0 Å². The Hall–Kier alpha value is -1.79. The summed E-state index contributed by atoms with van der Waals surface area (Å²) in [6.45, 7) is 0. The molecule has 0 atom stereocenters. The van der Waals surface area contributed by atoms with E-state index in [1.807, 2.05) is 24.3 Å². The third-order valence-corrected chi connectivity index (χ3v) is 3.09. The van der Waals surface area contributed by atoms with Crippen molar-refractivity contribution in [3.8, 4) is 11.1 Å². The molecule has 0 aliphatic carbocycles. The van der Waals surface area contributed by atoms with Crippen LogP contribution in [0.2, 0.25) is 5.02 Å². The van der Waals surface area contributed by atoms with Gasteiger partial charge in [-0.05, 0) is 46.2 Å². The molecule has 0 amide bonds. The maximum absolute atomic E-state index is 5.97. The van der Waals surface area contributed by atoms with Gasteiger partial charge >= 0.3 is 0 Å². The molecule has 0 heterocycles. The standard InChI is InChI=1S/C16H10Cl/c17-16-9-8-14-10-13(6-7-15(14)11-16)12-4-2-1-3-5-12/h2-11H. The molecule has 0 aliphatic heterocycles. The number of halogens is 1. The molecule has 3 rings (SSSR count). The Balaban J connectivity index is 2.17. The molecule has 81 valence electrons. The lowest BCUT2D eigenvalue weighted by molar-refractivity contribution is 1.63. The quantitative estimate of drug-likeness (QED) is 0.561. The van der Waals surface area contributed by atoms with Gasteiger partial charge < -0.3 is 0 Å². The molecule has 0 saturated carbocycles. The first kappa shape index (κ1) is 10.4. The van der Waals surface area contributed by atoms with Gasteiger partial charge in [0.1, 0.15) is 0 Å². The molecule has 0 unspecified atom stereocenters. The fourth-order valence-corrected chi connectivity index (χ4v) is 2.16. The fourth-order valence-electron chi connectivity index (χ4n) is 1.98. The molecule has 1 heteroatoms. The van der Waals surface area contributed by atoms with Crippen molar-refractivity contribution in [2.45, 2.75) is 0 Å². The van der Waals surface area contributed by atoms with Crippen molar-refractivity contribution in [1.82, 2.24) is 0 Å². The monoisotopic (exact) mass is 237 g/mol. The second kappa shape index (κ2) is 4.23. The zero-order chi connectivity index (χ0) is 11.7. The lowest BCUT2D eigenvalue weighted by Gasteiger charge is -2.04. The smallest absolute Gasteiger partial charge is 0.0412 e. The van der Waals surface area contributed by atoms with E-state index in [1.54, 1.807) is 0 Å². The topological polar surface area (TPSA) is 0 Å². The van der Waals surface area contributed by atoms with E-state index in [2.05, 4.69) is 42.5 Å². The van der Waals surface area contributed by atoms with Crippen LogP contribution in [-0.2, 0) is 0 Å². The normalized spacial score (nSPS) is 10.6. The number of rotatable bonds is 1. The molecule has 3 aromatic carbocycles. The predicted octanol–water partition coefficient (Wildman–Crippen LogP) is 4.96. The first-order chi connectivity index (χ1) is 8.33. The van der Waals surface area contributed by atoms with E-state index in [9.17, 15) is 0 Å². The van der Waals surface area contributed by atoms with Gasteiger partial charge in [0, 0.05) is 5.02 Å². The van der Waals surface area contributed by atoms with Crippen molar-refractivity contribution in [2.24, 2.45) is 0 Å². The van der Waals surface area contributed by atoms with E-state index in [1.165, 1.54) is 21.9 Å². The molecule has 17 heavy (non-hydrogen) atoms. The first-order valence-electron chi connectivity index (χ1n) is 5.49. The Morgan fingerprint density at radius 2 is 1.41 bits per heavy atom. The molecular formula is C16H10Cl. The van der Waals surface area contributed by atoms with Crippen molar-refractivity contribution in [3.63, 3.8) is 0 Å². The van der Waals surface area contributed by atoms with Crippen LogP contribution in [-0.4, -0.2) is 0 Å². The highest BCUT2D eigenvalue weighted by Gasteiger charge is 1.99. The second-order valence-corrected chi connectivity index (χ2v) is 4.43. The lowest BCUT2D eigenvalue weighted by atomic mass is 10.0. The molecule has 0 N–H and O–H groups in total. The second-order valence-electron chi connectivity index (χ2n) is 3.99. The van der Waals surface area contributed by atoms with Crippen LogP contribution in [0.5, 0.6) is 0 Å². The Bertz CT molecular complexity index is 657. The van der Waals surface area contributed by atoms with Gasteiger partial charge in [0.15, 0.2) is 0 Å². The Morgan fingerprint density at radius 3 is 2.24 bits per heavy atom. The van der Waals surface area contributed by atoms with Crippen LogP contribution < -0.4 is 0 Å². The average Bonchev–Trinajstić information content (AvgIpc) is 2.39. The van der Waals surface area contributed by atoms with Gasteiger partial charge in [-0.25, -0.2) is 0 Å². The molecular weight excluding hydrogens is 228 g/mol. The minimum atomic E-state index is 0.777. The van der Waals surface area contributed by atoms with E-state index in [0.717, 1.165) is 5.02 Å². The van der Waals surface area contributed by atoms with Crippen LogP contribution in [0.3, 0.4) is 0 Å². The molecule has 0 fully saturated rings. The van der Waals surface area contributed by atoms with Crippen LogP contribution in [0, 0.1) is 6.07 Å². The molecule has 0 bridgehead atoms. The summed E-state index contributed by atoms with van der Waals surface area (Å²) in [5.74, 6) is 0. The Morgan fingerprint density at radius 1 is 0.706 bits per heavy atom. The number of benzene rings is 3. The summed E-state index contributed by atoms with van der Waals surface area (Å²) in [6, 6.07) is 23.4. The average molecular weight is 238 g/mol. The van der Waals surface area contributed by atoms with E-state index < -0.39 is 0 Å². The molecule has 0 nitrogen and oxygen atoms in total. The molecule has 0 aromatic heterocycles. The van der Waals surface area contributed by atoms with Crippen molar-refractivity contribution in [2.75, 3.05) is 0 Å². The fraction of sp³-hybridized carbons (Fsp3) is 0. The van der Waals surface area contributed by atoms with Gasteiger partial charge in [0.2, 0.25) is 0 Å². The summed E-state index contributed by atoms with van der Waals surface area (Å²) in [5.41, 5.74) is 2.43. The van der Waals surface area contributed by atoms with Crippen LogP contribution in [0.25, 0.3) is 21.9 Å². The predicted molar refractivity (Wildman–Crippen MR) is 73.2 cm³/mol. The van der Waals surface area contributed by atoms with Crippen LogP contribution in [0.1, 0.15) is 0 Å². The third kappa shape index (κ3) is 2.04. The SMILES string of the molecule is Clc1ccc2cc(-c3cc[c]cc3)ccc2c1. The van der Waals surface area contributed by atoms with Crippen molar-refractivity contribution in [1.29, 1.82) is 0 Å². The van der Waals surface area contributed by atoms with E-state index >= 15 is 0 Å². The minimum Gasteiger partial charge on any atom is -0.0843 e. The zero-order valence-electron chi connectivity index (χ0n) is 9.15. The summed E-state index contributed by atoms with van der Waals surface area (Å²) < 4.78 is 0. The number of hydrogen-bond acceptors (Lipinski definition) is 0. The number of fused-ring (bicyclic) bond motifs is 1. The summed E-state index contributed by atoms with van der Waals surface area (Å²) >= 11 is 5.97. The lowest BCUT2D eigenvalue weighted by Crippen LogP contribution is -1.78. The molecule has 3 aromatic rings. The van der Waals surface area contributed by atoms with Crippen molar-refractivity contribution < 1.29 is 0 Å². The summed E-state index contributed by atoms with van der Waals surface area (Å²) in [6.07, 6.45) is 0. The van der Waals surface area contributed by atoms with Gasteiger partial charge in [0.05, 0.1) is 0 Å². The molecule has 0 aliphatic rings. The zero-order valence-corrected chi connectivity index (χ0v) is 9.91. The third-order valence-electron chi connectivity index (χ3n) is 2.85. The first-order valence-corrected chi connectivity index (χ1v) is 5.86. The molecule has 0 spiro atoms. The van der Waals surface area contributed by atoms with Crippen molar-refractivity contribution in [3.05, 3.63) is 71.8 Å². The Kier molecular flexibility index (Phi) is 2.58. The van der Waals surface area contributed by atoms with E-state index in [0.29, 0.717) is 0 Å². The summed E-state index contributed by atoms with van der Waals surface area (Å²) in [4.78, 5) is 0. The summed E-state index contributed by atoms with van der Waals surface area (Å²) in [5, 5.41) is 3.16. The van der Waals surface area contributed by atoms with Gasteiger partial charge in [-0.3, -0.25) is 0 Å². The van der Waals surface area contributed by atoms with E-state index in [4.69, 9.17) is 11.6 Å². The van der Waals surface area contributed by atoms with Crippen LogP contribution >= 0.6 is 11.6 Å². The minimum absolute atomic E-state index is 0.777. The van der Waals surface area contributed by atoms with Gasteiger partial charge in [-0.1, -0.05) is 54.1 Å². The van der Waals surface area contributed by atoms with Gasteiger partial charge in [-0.15, -0.1) is 0 Å². The maximum Gasteiger partial charge on any atom is 0.0412 e. The van der Waals surface area contributed by atoms with Gasteiger partial charge in [-0.2, -0.15) is 0 Å². The largest absolute Gasteiger partial charge is 0.0843 e. The molecule has 1 radical (unpaired) electrons. The van der Waals surface area contributed by atoms with Crippen LogP contribution in [0.15, 0.2) is 60.7 Å². The Labute approximate surface area is 105 Å². The van der Waals surface area contributed by atoms with Crippen LogP contribution in [0.4, 0.5) is 0 Å². The highest BCUT2D eigenvalue weighted by Crippen LogP contribution is 2.25.